The van der Waals surface area contributed by atoms with Gasteiger partial charge >= 0.3 is 0 Å². The number of carbonyl (C=O) groups excluding carboxylic acids is 1. The van der Waals surface area contributed by atoms with Gasteiger partial charge in [-0.25, -0.2) is 4.98 Å². The first-order valence-electron chi connectivity index (χ1n) is 8.34. The molecule has 1 fully saturated rings. The summed E-state index contributed by atoms with van der Waals surface area (Å²) in [6.45, 7) is 2.47. The van der Waals surface area contributed by atoms with Gasteiger partial charge in [0.15, 0.2) is 0 Å². The highest BCUT2D eigenvalue weighted by Gasteiger charge is 2.24. The lowest BCUT2D eigenvalue weighted by atomic mass is 10.1. The number of aromatic nitrogens is 2. The molecule has 0 bridgehead atoms. The first-order chi connectivity index (χ1) is 11.8. The molecule has 1 aromatic carbocycles. The SMILES string of the molecule is O=C(COCCOc1ccccc1)N1CCC[C@@H](n2ccnc2)C1. The normalized spacial score (nSPS) is 17.7. The average Bonchev–Trinajstić information content (AvgIpc) is 3.17. The van der Waals surface area contributed by atoms with Crippen molar-refractivity contribution in [3.63, 3.8) is 0 Å². The number of hydrogen-bond acceptors (Lipinski definition) is 4. The molecule has 2 aromatic rings. The fourth-order valence-electron chi connectivity index (χ4n) is 2.90. The minimum absolute atomic E-state index is 0.0412. The van der Waals surface area contributed by atoms with Gasteiger partial charge < -0.3 is 18.9 Å². The molecule has 128 valence electrons. The van der Waals surface area contributed by atoms with E-state index in [1.54, 1.807) is 6.20 Å². The van der Waals surface area contributed by atoms with Crippen LogP contribution < -0.4 is 4.74 Å². The number of piperidine rings is 1. The van der Waals surface area contributed by atoms with Crippen LogP contribution in [-0.4, -0.2) is 53.3 Å². The van der Waals surface area contributed by atoms with Gasteiger partial charge in [0.2, 0.25) is 5.91 Å². The van der Waals surface area contributed by atoms with Gasteiger partial charge in [0.1, 0.15) is 19.0 Å². The van der Waals surface area contributed by atoms with E-state index in [0.717, 1.165) is 31.7 Å². The van der Waals surface area contributed by atoms with E-state index in [9.17, 15) is 4.79 Å². The predicted octanol–water partition coefficient (Wildman–Crippen LogP) is 2.14. The van der Waals surface area contributed by atoms with Gasteiger partial charge in [-0.3, -0.25) is 4.79 Å². The van der Waals surface area contributed by atoms with E-state index in [2.05, 4.69) is 9.55 Å². The molecular formula is C18H23N3O3. The molecular weight excluding hydrogens is 306 g/mol. The maximum Gasteiger partial charge on any atom is 0.248 e. The Morgan fingerprint density at radius 2 is 2.12 bits per heavy atom. The molecule has 0 radical (unpaired) electrons. The summed E-state index contributed by atoms with van der Waals surface area (Å²) in [6.07, 6.45) is 7.63. The molecule has 0 spiro atoms. The largest absolute Gasteiger partial charge is 0.491 e. The Labute approximate surface area is 142 Å². The predicted molar refractivity (Wildman–Crippen MR) is 89.8 cm³/mol. The van der Waals surface area contributed by atoms with Gasteiger partial charge in [-0.15, -0.1) is 0 Å². The molecule has 24 heavy (non-hydrogen) atoms. The van der Waals surface area contributed by atoms with Crippen molar-refractivity contribution < 1.29 is 14.3 Å². The van der Waals surface area contributed by atoms with Crippen molar-refractivity contribution in [2.45, 2.75) is 18.9 Å². The minimum atomic E-state index is 0.0412. The second-order valence-electron chi connectivity index (χ2n) is 5.86. The van der Waals surface area contributed by atoms with Crippen molar-refractivity contribution in [3.05, 3.63) is 49.1 Å². The van der Waals surface area contributed by atoms with Crippen LogP contribution in [0.15, 0.2) is 49.1 Å². The number of para-hydroxylation sites is 1. The summed E-state index contributed by atoms with van der Waals surface area (Å²) in [4.78, 5) is 18.2. The molecule has 2 heterocycles. The van der Waals surface area contributed by atoms with Crippen LogP contribution in [-0.2, 0) is 9.53 Å². The summed E-state index contributed by atoms with van der Waals surface area (Å²) in [7, 11) is 0. The summed E-state index contributed by atoms with van der Waals surface area (Å²) in [5, 5.41) is 0. The molecule has 1 atom stereocenters. The lowest BCUT2D eigenvalue weighted by molar-refractivity contribution is -0.138. The Bertz CT molecular complexity index is 616. The van der Waals surface area contributed by atoms with E-state index in [1.165, 1.54) is 0 Å². The molecule has 0 saturated carbocycles. The fraction of sp³-hybridized carbons (Fsp3) is 0.444. The number of rotatable bonds is 7. The third-order valence-electron chi connectivity index (χ3n) is 4.16. The number of likely N-dealkylation sites (tertiary alicyclic amines) is 1. The van der Waals surface area contributed by atoms with Crippen molar-refractivity contribution in [2.24, 2.45) is 0 Å². The smallest absolute Gasteiger partial charge is 0.248 e. The van der Waals surface area contributed by atoms with Crippen molar-refractivity contribution in [2.75, 3.05) is 32.9 Å². The zero-order chi connectivity index (χ0) is 16.6. The summed E-state index contributed by atoms with van der Waals surface area (Å²) >= 11 is 0. The van der Waals surface area contributed by atoms with Crippen molar-refractivity contribution in [1.29, 1.82) is 0 Å². The van der Waals surface area contributed by atoms with Crippen molar-refractivity contribution in [3.8, 4) is 5.75 Å². The van der Waals surface area contributed by atoms with E-state index >= 15 is 0 Å². The maximum absolute atomic E-state index is 12.3. The number of amides is 1. The quantitative estimate of drug-likeness (QED) is 0.730. The van der Waals surface area contributed by atoms with Gasteiger partial charge in [0.25, 0.3) is 0 Å². The Morgan fingerprint density at radius 3 is 2.92 bits per heavy atom. The van der Waals surface area contributed by atoms with Gasteiger partial charge in [-0.05, 0) is 25.0 Å². The van der Waals surface area contributed by atoms with Gasteiger partial charge in [0, 0.05) is 25.5 Å². The number of nitrogens with zero attached hydrogens (tertiary/aromatic N) is 3. The van der Waals surface area contributed by atoms with Crippen LogP contribution in [0.5, 0.6) is 5.75 Å². The number of hydrogen-bond donors (Lipinski definition) is 0. The Kier molecular flexibility index (Phi) is 5.85. The lowest BCUT2D eigenvalue weighted by Crippen LogP contribution is -2.42. The van der Waals surface area contributed by atoms with E-state index in [4.69, 9.17) is 9.47 Å². The molecule has 1 aliphatic heterocycles. The van der Waals surface area contributed by atoms with Crippen LogP contribution in [0.25, 0.3) is 0 Å². The second-order valence-corrected chi connectivity index (χ2v) is 5.86. The van der Waals surface area contributed by atoms with Crippen molar-refractivity contribution in [1.82, 2.24) is 14.5 Å². The first kappa shape index (κ1) is 16.5. The average molecular weight is 329 g/mol. The molecule has 1 aliphatic rings. The second kappa shape index (κ2) is 8.49. The van der Waals surface area contributed by atoms with E-state index in [-0.39, 0.29) is 12.5 Å². The number of benzene rings is 1. The highest BCUT2D eigenvalue weighted by atomic mass is 16.5. The van der Waals surface area contributed by atoms with Crippen LogP contribution in [0.4, 0.5) is 0 Å². The van der Waals surface area contributed by atoms with Crippen molar-refractivity contribution >= 4 is 5.91 Å². The van der Waals surface area contributed by atoms with E-state index < -0.39 is 0 Å². The molecule has 1 saturated heterocycles. The summed E-state index contributed by atoms with van der Waals surface area (Å²) < 4.78 is 13.1. The number of ether oxygens (including phenoxy) is 2. The molecule has 0 unspecified atom stereocenters. The standard InChI is InChI=1S/C18H23N3O3/c22-18(14-23-11-12-24-17-6-2-1-3-7-17)20-9-4-5-16(13-20)21-10-8-19-15-21/h1-3,6-8,10,15-16H,4-5,9,11-14H2/t16-/m1/s1. The summed E-state index contributed by atoms with van der Waals surface area (Å²) in [5.74, 6) is 0.853. The molecule has 1 aromatic heterocycles. The van der Waals surface area contributed by atoms with Gasteiger partial charge in [-0.1, -0.05) is 18.2 Å². The van der Waals surface area contributed by atoms with E-state index in [1.807, 2.05) is 47.8 Å². The van der Waals surface area contributed by atoms with Crippen LogP contribution in [0.3, 0.4) is 0 Å². The van der Waals surface area contributed by atoms with Gasteiger partial charge in [-0.2, -0.15) is 0 Å². The molecule has 6 nitrogen and oxygen atoms in total. The van der Waals surface area contributed by atoms with Crippen LogP contribution >= 0.6 is 0 Å². The molecule has 3 rings (SSSR count). The Balaban J connectivity index is 1.36. The Morgan fingerprint density at radius 1 is 1.25 bits per heavy atom. The van der Waals surface area contributed by atoms with Crippen LogP contribution in [0.1, 0.15) is 18.9 Å². The molecule has 6 heteroatoms. The van der Waals surface area contributed by atoms with E-state index in [0.29, 0.717) is 19.3 Å². The monoisotopic (exact) mass is 329 g/mol. The highest BCUT2D eigenvalue weighted by molar-refractivity contribution is 5.77. The minimum Gasteiger partial charge on any atom is -0.491 e. The zero-order valence-corrected chi connectivity index (χ0v) is 13.7. The molecule has 0 aliphatic carbocycles. The number of carbonyl (C=O) groups is 1. The third-order valence-corrected chi connectivity index (χ3v) is 4.16. The maximum atomic E-state index is 12.3. The third kappa shape index (κ3) is 4.58. The summed E-state index contributed by atoms with van der Waals surface area (Å²) in [6, 6.07) is 9.90. The van der Waals surface area contributed by atoms with Crippen LogP contribution in [0.2, 0.25) is 0 Å². The van der Waals surface area contributed by atoms with Gasteiger partial charge in [0.05, 0.1) is 19.0 Å². The zero-order valence-electron chi connectivity index (χ0n) is 13.7. The molecule has 1 amide bonds. The van der Waals surface area contributed by atoms with Crippen LogP contribution in [0, 0.1) is 0 Å². The molecule has 0 N–H and O–H groups in total. The fourth-order valence-corrected chi connectivity index (χ4v) is 2.90. The summed E-state index contributed by atoms with van der Waals surface area (Å²) in [5.41, 5.74) is 0. The highest BCUT2D eigenvalue weighted by Crippen LogP contribution is 2.21. The first-order valence-corrected chi connectivity index (χ1v) is 8.34. The number of imidazole rings is 1. The Hall–Kier alpha value is -2.34. The lowest BCUT2D eigenvalue weighted by Gasteiger charge is -2.33. The topological polar surface area (TPSA) is 56.6 Å².